The van der Waals surface area contributed by atoms with Crippen LogP contribution in [0.1, 0.15) is 249 Å². The quantitative estimate of drug-likeness (QED) is 0.0270. The predicted octanol–water partition coefficient (Wildman–Crippen LogP) is 16.7. The van der Waals surface area contributed by atoms with Gasteiger partial charge in [-0.15, -0.1) is 0 Å². The number of nitro groups is 1. The third-order valence-corrected chi connectivity index (χ3v) is 20.3. The van der Waals surface area contributed by atoms with Crippen molar-refractivity contribution >= 4 is 46.8 Å². The molecule has 2 aromatic carbocycles. The number of non-ortho nitro benzene ring substituents is 1. The Hall–Kier alpha value is -5.58. The van der Waals surface area contributed by atoms with Gasteiger partial charge < -0.3 is 25.4 Å². The molecule has 6 saturated carbocycles. The van der Waals surface area contributed by atoms with Gasteiger partial charge in [0.1, 0.15) is 17.3 Å². The summed E-state index contributed by atoms with van der Waals surface area (Å²) in [6.45, 7) is 28.7. The number of fused-ring (bicyclic) bond motifs is 1. The van der Waals surface area contributed by atoms with Gasteiger partial charge >= 0.3 is 5.97 Å². The van der Waals surface area contributed by atoms with Crippen LogP contribution in [-0.2, 0) is 14.4 Å². The summed E-state index contributed by atoms with van der Waals surface area (Å²) >= 11 is 5.85. The van der Waals surface area contributed by atoms with Crippen molar-refractivity contribution in [3.05, 3.63) is 97.9 Å². The highest BCUT2D eigenvalue weighted by Gasteiger charge is 2.45. The lowest BCUT2D eigenvalue weighted by molar-refractivity contribution is -0.384. The van der Waals surface area contributed by atoms with Gasteiger partial charge in [-0.2, -0.15) is 5.26 Å². The predicted molar refractivity (Wildman–Crippen MR) is 370 cm³/mol. The number of benzene rings is 2. The van der Waals surface area contributed by atoms with Crippen molar-refractivity contribution in [1.82, 2.24) is 14.9 Å². The molecule has 526 valence electrons. The lowest BCUT2D eigenvalue weighted by atomic mass is 9.75. The van der Waals surface area contributed by atoms with Gasteiger partial charge in [0.25, 0.3) is 17.5 Å². The van der Waals surface area contributed by atoms with Gasteiger partial charge in [0, 0.05) is 37.2 Å². The van der Waals surface area contributed by atoms with E-state index in [9.17, 15) is 49.0 Å². The average Bonchev–Trinajstić information content (AvgIpc) is 1.63. The maximum atomic E-state index is 13.9. The molecule has 2 heterocycles. The second-order valence-corrected chi connectivity index (χ2v) is 29.7. The Bertz CT molecular complexity index is 2770. The fraction of sp³-hybridized carbons (Fsp3) is 0.707. The number of hydroxylamine groups is 2. The topological polar surface area (TPSA) is 246 Å². The highest BCUT2D eigenvalue weighted by molar-refractivity contribution is 6.30. The van der Waals surface area contributed by atoms with Crippen LogP contribution in [0.5, 0.6) is 0 Å². The van der Waals surface area contributed by atoms with E-state index in [0.29, 0.717) is 81.8 Å². The molecule has 6 atom stereocenters. The van der Waals surface area contributed by atoms with E-state index < -0.39 is 16.7 Å². The van der Waals surface area contributed by atoms with Crippen LogP contribution in [-0.4, -0.2) is 110 Å². The van der Waals surface area contributed by atoms with Crippen LogP contribution in [0.3, 0.4) is 0 Å². The minimum absolute atomic E-state index is 0.00231. The number of hydrogen-bond acceptors (Lipinski definition) is 14. The van der Waals surface area contributed by atoms with Gasteiger partial charge in [-0.1, -0.05) is 159 Å². The SMILES string of the molecule is CC(C)C(O)C1CCC1.CC(C)C(O)C1CCC1.CC(C)C(OC(=O)c1ccc([N+](=O)[O-])cc1)C1CCC1.CC(C)[C@@H](C1CCC1)N1C(=O)c2ccccc2C1=O.CC(C)[C@H](Nc1nc(Cl)c(C#N)cc1F)C1CCC1.CC(C)[C@H](O)C1CCC1.CON(C)C(=O)C(C)C. The van der Waals surface area contributed by atoms with Crippen LogP contribution in [0.15, 0.2) is 54.6 Å². The van der Waals surface area contributed by atoms with Crippen LogP contribution in [0, 0.1) is 104 Å². The molecule has 3 unspecified atom stereocenters. The molecule has 3 aromatic rings. The molecule has 6 aliphatic carbocycles. The van der Waals surface area contributed by atoms with Gasteiger partial charge in [0.15, 0.2) is 11.6 Å². The zero-order valence-electron chi connectivity index (χ0n) is 59.5. The van der Waals surface area contributed by atoms with E-state index in [1.807, 2.05) is 45.9 Å². The number of carbonyl (C=O) groups is 4. The Morgan fingerprint density at radius 3 is 1.33 bits per heavy atom. The number of nitrogens with zero attached hydrogens (tertiary/aromatic N) is 5. The van der Waals surface area contributed by atoms with E-state index >= 15 is 0 Å². The summed E-state index contributed by atoms with van der Waals surface area (Å²) in [6.07, 6.45) is 21.8. The van der Waals surface area contributed by atoms with Gasteiger partial charge in [-0.3, -0.25) is 34.2 Å². The zero-order chi connectivity index (χ0) is 70.3. The number of hydrogen-bond donors (Lipinski definition) is 4. The van der Waals surface area contributed by atoms with Crippen molar-refractivity contribution in [2.45, 2.75) is 249 Å². The Balaban J connectivity index is 0.000000241. The molecule has 0 bridgehead atoms. The standard InChI is InChI=1S/C16H19NO2.C15H19NO4.C14H17ClFN3.3C8H16O.C6H13NO2/c1-10(2)14(11-6-5-7-11)17-15(18)12-8-3-4-9-13(12)16(17)19;1-10(2)14(11-4-3-5-11)20-15(17)12-6-8-13(9-7-12)16(18)19;1-8(2)12(9-4-3-5-9)18-14-11(16)6-10(7-17)13(15)19-14;3*1-6(2)8(9)7-4-3-5-7;1-5(2)6(8)7(3)9-4/h3-4,8-11,14H,5-7H2,1-2H3;6-11,14H,3-5H2,1-2H3;6,8-9,12H,3-5H2,1-2H3,(H,18,19);3*6-9H,3-5H2,1-2H3;5H,1-4H3/t14-;;12-;8-;;;/m0.00.../s1. The molecule has 19 heteroatoms. The van der Waals surface area contributed by atoms with Gasteiger partial charge in [-0.25, -0.2) is 19.2 Å². The maximum Gasteiger partial charge on any atom is 0.338 e. The molecular formula is C75H116ClFN6O11. The average molecular weight is 1330 g/mol. The van der Waals surface area contributed by atoms with E-state index in [1.54, 1.807) is 19.2 Å². The number of esters is 1. The summed E-state index contributed by atoms with van der Waals surface area (Å²) in [7, 11) is 3.07. The molecule has 0 saturated heterocycles. The number of ether oxygens (including phenoxy) is 1. The summed E-state index contributed by atoms with van der Waals surface area (Å²) in [5, 5.41) is 52.1. The second-order valence-electron chi connectivity index (χ2n) is 29.4. The molecule has 10 rings (SSSR count). The lowest BCUT2D eigenvalue weighted by Gasteiger charge is -2.40. The number of aliphatic hydroxyl groups is 3. The third-order valence-electron chi connectivity index (χ3n) is 20.0. The molecule has 3 amide bonds. The molecule has 1 aliphatic heterocycles. The number of amides is 3. The molecular weight excluding hydrogens is 1220 g/mol. The zero-order valence-corrected chi connectivity index (χ0v) is 60.2. The van der Waals surface area contributed by atoms with E-state index in [2.05, 4.69) is 84.4 Å². The normalized spacial score (nSPS) is 18.9. The Morgan fingerprint density at radius 1 is 0.649 bits per heavy atom. The van der Waals surface area contributed by atoms with Crippen LogP contribution >= 0.6 is 11.6 Å². The smallest absolute Gasteiger partial charge is 0.338 e. The van der Waals surface area contributed by atoms with E-state index in [4.69, 9.17) is 21.6 Å². The van der Waals surface area contributed by atoms with Crippen LogP contribution in [0.2, 0.25) is 5.15 Å². The Morgan fingerprint density at radius 2 is 1.05 bits per heavy atom. The largest absolute Gasteiger partial charge is 0.458 e. The number of aromatic nitrogens is 1. The van der Waals surface area contributed by atoms with Crippen molar-refractivity contribution in [2.24, 2.45) is 76.9 Å². The van der Waals surface area contributed by atoms with Crippen molar-refractivity contribution in [1.29, 1.82) is 5.26 Å². The van der Waals surface area contributed by atoms with Gasteiger partial charge in [0.05, 0.1) is 52.6 Å². The summed E-state index contributed by atoms with van der Waals surface area (Å²) < 4.78 is 19.5. The van der Waals surface area contributed by atoms with E-state index in [1.165, 1.54) is 131 Å². The van der Waals surface area contributed by atoms with Crippen molar-refractivity contribution in [3.8, 4) is 6.07 Å². The number of nitro benzene ring substituents is 1. The Labute approximate surface area is 567 Å². The summed E-state index contributed by atoms with van der Waals surface area (Å²) in [5.41, 5.74) is 1.53. The monoisotopic (exact) mass is 1330 g/mol. The number of imide groups is 1. The van der Waals surface area contributed by atoms with Crippen molar-refractivity contribution in [2.75, 3.05) is 19.5 Å². The first-order valence-corrected chi connectivity index (χ1v) is 35.5. The number of rotatable bonds is 20. The number of nitrogens with one attached hydrogen (secondary N) is 1. The number of aliphatic hydroxyl groups excluding tert-OH is 3. The molecule has 94 heavy (non-hydrogen) atoms. The minimum atomic E-state index is -0.522. The van der Waals surface area contributed by atoms with E-state index in [0.717, 1.165) is 31.7 Å². The fourth-order valence-electron chi connectivity index (χ4n) is 12.6. The third kappa shape index (κ3) is 23.6. The van der Waals surface area contributed by atoms with Crippen LogP contribution in [0.4, 0.5) is 15.9 Å². The highest BCUT2D eigenvalue weighted by atomic mass is 35.5. The molecule has 4 N–H and O–H groups in total. The summed E-state index contributed by atoms with van der Waals surface area (Å²) in [4.78, 5) is 68.2. The van der Waals surface area contributed by atoms with Crippen molar-refractivity contribution < 1.29 is 53.4 Å². The highest BCUT2D eigenvalue weighted by Crippen LogP contribution is 2.41. The van der Waals surface area contributed by atoms with Gasteiger partial charge in [-0.05, 0) is 178 Å². The lowest BCUT2D eigenvalue weighted by Crippen LogP contribution is -2.49. The summed E-state index contributed by atoms with van der Waals surface area (Å²) in [5.74, 6) is 4.77. The van der Waals surface area contributed by atoms with Crippen LogP contribution < -0.4 is 5.32 Å². The molecule has 1 aromatic heterocycles. The molecule has 0 spiro atoms. The number of carbonyl (C=O) groups excluding carboxylic acids is 4. The first kappa shape index (κ1) is 80.9. The first-order chi connectivity index (χ1) is 44.4. The van der Waals surface area contributed by atoms with Crippen molar-refractivity contribution in [3.63, 3.8) is 0 Å². The van der Waals surface area contributed by atoms with E-state index in [-0.39, 0.29) is 88.3 Å². The number of pyridine rings is 1. The van der Waals surface area contributed by atoms with Gasteiger partial charge in [0.2, 0.25) is 5.91 Å². The maximum absolute atomic E-state index is 13.9. The fourth-order valence-corrected chi connectivity index (χ4v) is 12.8. The molecule has 0 radical (unpaired) electrons. The molecule has 7 aliphatic rings. The van der Waals surface area contributed by atoms with Crippen LogP contribution in [0.25, 0.3) is 0 Å². The molecule has 17 nitrogen and oxygen atoms in total. The number of nitriles is 1. The minimum Gasteiger partial charge on any atom is -0.458 e. The Kier molecular flexibility index (Phi) is 34.1. The number of anilines is 1. The first-order valence-electron chi connectivity index (χ1n) is 35.2. The number of halogens is 2. The summed E-state index contributed by atoms with van der Waals surface area (Å²) in [6, 6.07) is 15.9. The second kappa shape index (κ2) is 39.6. The molecule has 6 fully saturated rings.